The van der Waals surface area contributed by atoms with Gasteiger partial charge in [-0.25, -0.2) is 4.79 Å². The second-order valence-corrected chi connectivity index (χ2v) is 8.12. The van der Waals surface area contributed by atoms with Gasteiger partial charge in [0, 0.05) is 39.3 Å². The summed E-state index contributed by atoms with van der Waals surface area (Å²) in [5, 5.41) is 4.27. The van der Waals surface area contributed by atoms with Crippen molar-refractivity contribution in [2.45, 2.75) is 25.3 Å². The lowest BCUT2D eigenvalue weighted by Gasteiger charge is -2.40. The number of carbonyl (C=O) groups excluding carboxylic acids is 1. The van der Waals surface area contributed by atoms with Crippen LogP contribution in [0.15, 0.2) is 34.9 Å². The van der Waals surface area contributed by atoms with Crippen molar-refractivity contribution in [3.05, 3.63) is 36.2 Å². The van der Waals surface area contributed by atoms with Crippen molar-refractivity contribution in [2.75, 3.05) is 40.8 Å². The Hall–Kier alpha value is -2.41. The first-order valence-corrected chi connectivity index (χ1v) is 9.53. The van der Waals surface area contributed by atoms with E-state index in [4.69, 9.17) is 4.52 Å². The van der Waals surface area contributed by atoms with E-state index in [1.165, 1.54) is 0 Å². The molecule has 1 spiro atoms. The lowest BCUT2D eigenvalue weighted by molar-refractivity contribution is 0.109. The van der Waals surface area contributed by atoms with Crippen molar-refractivity contribution in [1.82, 2.24) is 24.8 Å². The molecule has 1 aromatic carbocycles. The van der Waals surface area contributed by atoms with Crippen molar-refractivity contribution in [3.8, 4) is 11.5 Å². The summed E-state index contributed by atoms with van der Waals surface area (Å²) in [6.45, 7) is 2.65. The Bertz CT molecular complexity index is 796. The fraction of sp³-hybridized carbons (Fsp3) is 0.550. The van der Waals surface area contributed by atoms with Crippen LogP contribution in [-0.2, 0) is 0 Å². The molecule has 2 aliphatic heterocycles. The van der Waals surface area contributed by atoms with E-state index >= 15 is 0 Å². The van der Waals surface area contributed by atoms with Crippen molar-refractivity contribution in [2.24, 2.45) is 5.41 Å². The molecule has 4 rings (SSSR count). The first-order chi connectivity index (χ1) is 13.0. The second-order valence-electron chi connectivity index (χ2n) is 8.12. The van der Waals surface area contributed by atoms with Gasteiger partial charge in [0.25, 0.3) is 5.89 Å². The van der Waals surface area contributed by atoms with E-state index in [2.05, 4.69) is 22.1 Å². The van der Waals surface area contributed by atoms with Crippen LogP contribution in [0.3, 0.4) is 0 Å². The lowest BCUT2D eigenvalue weighted by atomic mass is 9.76. The largest absolute Gasteiger partial charge is 0.334 e. The van der Waals surface area contributed by atoms with Gasteiger partial charge in [-0.15, -0.1) is 0 Å². The van der Waals surface area contributed by atoms with Crippen LogP contribution in [0, 0.1) is 5.41 Å². The molecule has 0 radical (unpaired) electrons. The Morgan fingerprint density at radius 3 is 2.59 bits per heavy atom. The van der Waals surface area contributed by atoms with Gasteiger partial charge in [-0.3, -0.25) is 4.90 Å². The van der Waals surface area contributed by atoms with Crippen LogP contribution in [0.1, 0.15) is 31.1 Å². The fourth-order valence-corrected chi connectivity index (χ4v) is 4.44. The molecule has 0 aliphatic carbocycles. The summed E-state index contributed by atoms with van der Waals surface area (Å²) in [7, 11) is 5.76. The Labute approximate surface area is 159 Å². The zero-order chi connectivity index (χ0) is 19.0. The van der Waals surface area contributed by atoms with E-state index in [0.29, 0.717) is 5.89 Å². The second kappa shape index (κ2) is 6.96. The summed E-state index contributed by atoms with van der Waals surface area (Å²) in [4.78, 5) is 22.8. The van der Waals surface area contributed by atoms with Gasteiger partial charge in [-0.1, -0.05) is 23.4 Å². The van der Waals surface area contributed by atoms with E-state index in [-0.39, 0.29) is 17.5 Å². The highest BCUT2D eigenvalue weighted by Gasteiger charge is 2.46. The minimum absolute atomic E-state index is 0.110. The Morgan fingerprint density at radius 2 is 1.93 bits per heavy atom. The number of piperidine rings is 1. The molecule has 3 heterocycles. The minimum Gasteiger partial charge on any atom is -0.334 e. The normalized spacial score (nSPS) is 22.3. The molecule has 2 saturated heterocycles. The van der Waals surface area contributed by atoms with Gasteiger partial charge in [0.05, 0.1) is 6.04 Å². The Morgan fingerprint density at radius 1 is 1.22 bits per heavy atom. The van der Waals surface area contributed by atoms with Gasteiger partial charge in [-0.2, -0.15) is 4.98 Å². The smallest absolute Gasteiger partial charge is 0.319 e. The van der Waals surface area contributed by atoms with Crippen molar-refractivity contribution < 1.29 is 9.32 Å². The number of rotatable bonds is 2. The predicted molar refractivity (Wildman–Crippen MR) is 102 cm³/mol. The van der Waals surface area contributed by atoms with E-state index in [1.807, 2.05) is 49.3 Å². The van der Waals surface area contributed by atoms with Gasteiger partial charge >= 0.3 is 6.03 Å². The summed E-state index contributed by atoms with van der Waals surface area (Å²) in [6, 6.07) is 10.2. The number of nitrogens with zero attached hydrogens (tertiary/aromatic N) is 5. The number of amides is 2. The van der Waals surface area contributed by atoms with Gasteiger partial charge in [0.2, 0.25) is 0 Å². The molecule has 144 valence electrons. The van der Waals surface area contributed by atoms with Crippen LogP contribution in [0.4, 0.5) is 4.79 Å². The highest BCUT2D eigenvalue weighted by Crippen LogP contribution is 2.47. The number of likely N-dealkylation sites (tertiary alicyclic amines) is 2. The van der Waals surface area contributed by atoms with Gasteiger partial charge in [-0.05, 0) is 43.9 Å². The first kappa shape index (κ1) is 18.0. The molecular formula is C20H27N5O2. The third kappa shape index (κ3) is 3.43. The van der Waals surface area contributed by atoms with E-state index in [1.54, 1.807) is 4.90 Å². The van der Waals surface area contributed by atoms with E-state index in [9.17, 15) is 4.79 Å². The molecule has 0 bridgehead atoms. The van der Waals surface area contributed by atoms with Gasteiger partial charge in [0.15, 0.2) is 5.82 Å². The Balaban J connectivity index is 1.45. The summed E-state index contributed by atoms with van der Waals surface area (Å²) < 4.78 is 5.52. The van der Waals surface area contributed by atoms with Crippen LogP contribution < -0.4 is 0 Å². The molecule has 1 unspecified atom stereocenters. The maximum absolute atomic E-state index is 12.2. The van der Waals surface area contributed by atoms with Crippen LogP contribution in [0.5, 0.6) is 0 Å². The summed E-state index contributed by atoms with van der Waals surface area (Å²) >= 11 is 0. The third-order valence-corrected chi connectivity index (χ3v) is 5.98. The van der Waals surface area contributed by atoms with Crippen molar-refractivity contribution in [1.29, 1.82) is 0 Å². The van der Waals surface area contributed by atoms with Gasteiger partial charge in [0.1, 0.15) is 0 Å². The highest BCUT2D eigenvalue weighted by atomic mass is 16.5. The average molecular weight is 369 g/mol. The SMILES string of the molecule is CN(C)C(=O)N1CCC2(CC1)CC(c1noc(-c3ccccc3)n1)N(C)C2. The third-order valence-electron chi connectivity index (χ3n) is 5.98. The molecule has 7 nitrogen and oxygen atoms in total. The van der Waals surface area contributed by atoms with Crippen LogP contribution in [-0.4, -0.2) is 71.6 Å². The van der Waals surface area contributed by atoms with Crippen molar-refractivity contribution in [3.63, 3.8) is 0 Å². The molecule has 2 aromatic rings. The van der Waals surface area contributed by atoms with Crippen LogP contribution in [0.25, 0.3) is 11.5 Å². The monoisotopic (exact) mass is 369 g/mol. The number of urea groups is 1. The Kier molecular flexibility index (Phi) is 4.63. The summed E-state index contributed by atoms with van der Waals surface area (Å²) in [6.07, 6.45) is 3.06. The number of benzene rings is 1. The van der Waals surface area contributed by atoms with Gasteiger partial charge < -0.3 is 14.3 Å². The van der Waals surface area contributed by atoms with Crippen LogP contribution >= 0.6 is 0 Å². The number of carbonyl (C=O) groups is 1. The standard InChI is InChI=1S/C20H27N5O2/c1-23(2)19(26)25-11-9-20(10-12-25)13-16(24(3)14-20)17-21-18(27-22-17)15-7-5-4-6-8-15/h4-8,16H,9-14H2,1-3H3. The molecule has 0 saturated carbocycles. The zero-order valence-corrected chi connectivity index (χ0v) is 16.3. The molecule has 1 aromatic heterocycles. The van der Waals surface area contributed by atoms with Crippen LogP contribution in [0.2, 0.25) is 0 Å². The van der Waals surface area contributed by atoms with Crippen molar-refractivity contribution >= 4 is 6.03 Å². The molecule has 27 heavy (non-hydrogen) atoms. The minimum atomic E-state index is 0.110. The maximum atomic E-state index is 12.2. The quantitative estimate of drug-likeness (QED) is 0.814. The summed E-state index contributed by atoms with van der Waals surface area (Å²) in [5.41, 5.74) is 1.18. The zero-order valence-electron chi connectivity index (χ0n) is 16.3. The number of hydrogen-bond donors (Lipinski definition) is 0. The first-order valence-electron chi connectivity index (χ1n) is 9.53. The molecule has 1 atom stereocenters. The van der Waals surface area contributed by atoms with E-state index in [0.717, 1.165) is 50.3 Å². The number of aromatic nitrogens is 2. The molecule has 2 amide bonds. The molecule has 2 aliphatic rings. The lowest BCUT2D eigenvalue weighted by Crippen LogP contribution is -2.47. The average Bonchev–Trinajstić information content (AvgIpc) is 3.27. The molecule has 2 fully saturated rings. The molecule has 0 N–H and O–H groups in total. The molecular weight excluding hydrogens is 342 g/mol. The maximum Gasteiger partial charge on any atom is 0.319 e. The fourth-order valence-electron chi connectivity index (χ4n) is 4.44. The predicted octanol–water partition coefficient (Wildman–Crippen LogP) is 2.88. The molecule has 7 heteroatoms. The topological polar surface area (TPSA) is 65.7 Å². The number of hydrogen-bond acceptors (Lipinski definition) is 5. The van der Waals surface area contributed by atoms with E-state index < -0.39 is 0 Å². The summed E-state index contributed by atoms with van der Waals surface area (Å²) in [5.74, 6) is 1.34. The highest BCUT2D eigenvalue weighted by molar-refractivity contribution is 5.73.